The van der Waals surface area contributed by atoms with Crippen LogP contribution >= 0.6 is 0 Å². The molecule has 0 atom stereocenters. The van der Waals surface area contributed by atoms with E-state index in [9.17, 15) is 17.3 Å². The first-order valence-electron chi connectivity index (χ1n) is 4.57. The molecule has 1 nitrogen and oxygen atoms in total. The van der Waals surface area contributed by atoms with Gasteiger partial charge in [-0.2, -0.15) is 0 Å². The van der Waals surface area contributed by atoms with Crippen LogP contribution < -0.4 is 61.6 Å². The van der Waals surface area contributed by atoms with Crippen LogP contribution in [0.1, 0.15) is 6.92 Å². The third-order valence-corrected chi connectivity index (χ3v) is 1.80. The van der Waals surface area contributed by atoms with Crippen molar-refractivity contribution in [1.82, 2.24) is 0 Å². The fraction of sp³-hybridized carbons (Fsp3) is 0.200. The van der Waals surface area contributed by atoms with Crippen LogP contribution in [0.2, 0.25) is 0 Å². The number of hydrogen-bond acceptors (Lipinski definition) is 1. The summed E-state index contributed by atoms with van der Waals surface area (Å²) >= 11 is 0. The molecule has 0 aliphatic rings. The zero-order chi connectivity index (χ0) is 12.3. The summed E-state index contributed by atoms with van der Waals surface area (Å²) in [6.45, 7) is -0.174. The van der Waals surface area contributed by atoms with Gasteiger partial charge in [0.05, 0.1) is 5.75 Å². The van der Waals surface area contributed by atoms with Crippen molar-refractivity contribution >= 4 is 12.4 Å². The SMILES string of the molecule is C=C(C)COc1ccc(F)cc1[B-](F)(F)F.[K+]. The maximum atomic E-state index is 12.7. The van der Waals surface area contributed by atoms with E-state index >= 15 is 0 Å². The second-order valence-corrected chi connectivity index (χ2v) is 3.50. The summed E-state index contributed by atoms with van der Waals surface area (Å²) in [6, 6.07) is 2.34. The zero-order valence-electron chi connectivity index (χ0n) is 9.64. The van der Waals surface area contributed by atoms with Gasteiger partial charge in [0.1, 0.15) is 12.4 Å². The summed E-state index contributed by atoms with van der Waals surface area (Å²) < 4.78 is 55.3. The molecule has 7 heteroatoms. The van der Waals surface area contributed by atoms with Crippen molar-refractivity contribution in [1.29, 1.82) is 0 Å². The quantitative estimate of drug-likeness (QED) is 0.420. The van der Waals surface area contributed by atoms with Gasteiger partial charge in [-0.3, -0.25) is 0 Å². The van der Waals surface area contributed by atoms with Crippen molar-refractivity contribution < 1.29 is 73.5 Å². The van der Waals surface area contributed by atoms with Crippen molar-refractivity contribution in [2.75, 3.05) is 6.61 Å². The Labute approximate surface area is 140 Å². The smallest absolute Gasteiger partial charge is 0.492 e. The first kappa shape index (κ1) is 17.2. The molecule has 0 heterocycles. The van der Waals surface area contributed by atoms with Gasteiger partial charge in [-0.15, -0.1) is 0 Å². The van der Waals surface area contributed by atoms with E-state index in [1.54, 1.807) is 6.92 Å². The number of ether oxygens (including phenoxy) is 1. The van der Waals surface area contributed by atoms with E-state index < -0.39 is 18.3 Å². The van der Waals surface area contributed by atoms with E-state index in [0.717, 1.165) is 12.1 Å². The van der Waals surface area contributed by atoms with Gasteiger partial charge >= 0.3 is 58.4 Å². The van der Waals surface area contributed by atoms with E-state index in [0.29, 0.717) is 11.6 Å². The Morgan fingerprint density at radius 3 is 2.41 bits per heavy atom. The molecule has 0 aromatic heterocycles. The molecule has 0 radical (unpaired) electrons. The van der Waals surface area contributed by atoms with Gasteiger partial charge < -0.3 is 17.7 Å². The predicted molar refractivity (Wildman–Crippen MR) is 55.4 cm³/mol. The minimum atomic E-state index is -5.28. The van der Waals surface area contributed by atoms with E-state index in [-0.39, 0.29) is 63.7 Å². The summed E-state index contributed by atoms with van der Waals surface area (Å²) in [4.78, 5) is 0. The third kappa shape index (κ3) is 5.57. The predicted octanol–water partition coefficient (Wildman–Crippen LogP) is -0.161. The molecule has 1 rings (SSSR count). The van der Waals surface area contributed by atoms with Crippen LogP contribution in [0.15, 0.2) is 30.4 Å². The molecule has 0 unspecified atom stereocenters. The topological polar surface area (TPSA) is 9.23 Å². The molecule has 0 spiro atoms. The summed E-state index contributed by atoms with van der Waals surface area (Å²) in [5, 5.41) is 0. The Balaban J connectivity index is 0.00000256. The first-order valence-corrected chi connectivity index (χ1v) is 4.57. The fourth-order valence-electron chi connectivity index (χ4n) is 1.11. The monoisotopic (exact) mass is 272 g/mol. The zero-order valence-corrected chi connectivity index (χ0v) is 12.8. The number of benzene rings is 1. The molecule has 0 fully saturated rings. The molecule has 88 valence electrons. The number of halogens is 4. The summed E-state index contributed by atoms with van der Waals surface area (Å²) in [6.07, 6.45) is 0. The van der Waals surface area contributed by atoms with Crippen molar-refractivity contribution in [2.24, 2.45) is 0 Å². The van der Waals surface area contributed by atoms with Gasteiger partial charge in [0.2, 0.25) is 0 Å². The van der Waals surface area contributed by atoms with Crippen molar-refractivity contribution in [3.63, 3.8) is 0 Å². The van der Waals surface area contributed by atoms with E-state index in [4.69, 9.17) is 4.74 Å². The number of hydrogen-bond donors (Lipinski definition) is 0. The standard InChI is InChI=1S/C10H10BF4O.K/c1-7(2)6-16-10-4-3-8(12)5-9(10)11(13,14)15;/h3-5H,1,6H2,2H3;/q-1;+1. The average Bonchev–Trinajstić information content (AvgIpc) is 2.14. The van der Waals surface area contributed by atoms with Gasteiger partial charge in [0.25, 0.3) is 0 Å². The van der Waals surface area contributed by atoms with Gasteiger partial charge in [-0.05, 0) is 30.7 Å². The second-order valence-electron chi connectivity index (χ2n) is 3.50. The van der Waals surface area contributed by atoms with Crippen LogP contribution in [0.25, 0.3) is 0 Å². The normalized spacial score (nSPS) is 10.6. The molecule has 0 saturated carbocycles. The van der Waals surface area contributed by atoms with Crippen LogP contribution in [0.4, 0.5) is 17.3 Å². The molecule has 0 N–H and O–H groups in total. The molecule has 1 aromatic rings. The fourth-order valence-corrected chi connectivity index (χ4v) is 1.11. The molecule has 1 aromatic carbocycles. The Bertz CT molecular complexity index is 406. The maximum absolute atomic E-state index is 12.7. The van der Waals surface area contributed by atoms with E-state index in [1.165, 1.54) is 0 Å². The van der Waals surface area contributed by atoms with E-state index in [2.05, 4.69) is 6.58 Å². The van der Waals surface area contributed by atoms with Crippen molar-refractivity contribution in [2.45, 2.75) is 6.92 Å². The van der Waals surface area contributed by atoms with Crippen molar-refractivity contribution in [3.05, 3.63) is 36.2 Å². The molecule has 17 heavy (non-hydrogen) atoms. The van der Waals surface area contributed by atoms with Crippen LogP contribution in [0, 0.1) is 5.82 Å². The maximum Gasteiger partial charge on any atom is 1.00 e. The average molecular weight is 272 g/mol. The summed E-state index contributed by atoms with van der Waals surface area (Å²) in [5.74, 6) is -1.30. The third-order valence-electron chi connectivity index (χ3n) is 1.80. The molecule has 0 amide bonds. The van der Waals surface area contributed by atoms with Crippen LogP contribution in [-0.4, -0.2) is 13.6 Å². The molecule has 0 aliphatic heterocycles. The summed E-state index contributed by atoms with van der Waals surface area (Å²) in [7, 11) is 0. The first-order chi connectivity index (χ1) is 7.30. The number of rotatable bonds is 4. The van der Waals surface area contributed by atoms with E-state index in [1.807, 2.05) is 0 Å². The van der Waals surface area contributed by atoms with Gasteiger partial charge in [-0.1, -0.05) is 12.0 Å². The molecule has 0 aliphatic carbocycles. The molecular weight excluding hydrogens is 262 g/mol. The van der Waals surface area contributed by atoms with Gasteiger partial charge in [0.15, 0.2) is 0 Å². The van der Waals surface area contributed by atoms with Gasteiger partial charge in [-0.25, -0.2) is 4.39 Å². The minimum absolute atomic E-state index is 0. The molecular formula is C10H10BF4KO. The molecule has 0 saturated heterocycles. The largest absolute Gasteiger partial charge is 1.00 e. The summed E-state index contributed by atoms with van der Waals surface area (Å²) in [5.41, 5.74) is -0.466. The minimum Gasteiger partial charge on any atom is -0.492 e. The van der Waals surface area contributed by atoms with Crippen LogP contribution in [0.3, 0.4) is 0 Å². The van der Waals surface area contributed by atoms with Crippen molar-refractivity contribution in [3.8, 4) is 5.75 Å². The van der Waals surface area contributed by atoms with Gasteiger partial charge in [0, 0.05) is 0 Å². The Kier molecular flexibility index (Phi) is 7.01. The van der Waals surface area contributed by atoms with Crippen LogP contribution in [-0.2, 0) is 0 Å². The molecule has 0 bridgehead atoms. The Morgan fingerprint density at radius 2 is 1.94 bits per heavy atom. The Hall–Kier alpha value is 0.181. The van der Waals surface area contributed by atoms with Crippen LogP contribution in [0.5, 0.6) is 5.75 Å². The Morgan fingerprint density at radius 1 is 1.35 bits per heavy atom. The second kappa shape index (κ2) is 6.94.